The number of anilines is 1. The molecule has 1 aliphatic heterocycles. The zero-order chi connectivity index (χ0) is 18.1. The van der Waals surface area contributed by atoms with Gasteiger partial charge in [0.15, 0.2) is 0 Å². The molecule has 25 heavy (non-hydrogen) atoms. The average molecular weight is 344 g/mol. The maximum Gasteiger partial charge on any atom is 0.326 e. The number of hydrogen-bond donors (Lipinski definition) is 2. The van der Waals surface area contributed by atoms with E-state index in [0.717, 1.165) is 31.2 Å². The van der Waals surface area contributed by atoms with E-state index >= 15 is 0 Å². The molecule has 2 N–H and O–H groups in total. The summed E-state index contributed by atoms with van der Waals surface area (Å²) in [6, 6.07) is 4.42. The van der Waals surface area contributed by atoms with Crippen molar-refractivity contribution in [2.45, 2.75) is 58.0 Å². The van der Waals surface area contributed by atoms with Crippen molar-refractivity contribution < 1.29 is 19.5 Å². The molecule has 3 unspecified atom stereocenters. The normalized spacial score (nSPS) is 25.4. The lowest BCUT2D eigenvalue weighted by Crippen LogP contribution is -2.46. The summed E-state index contributed by atoms with van der Waals surface area (Å²) in [5.41, 5.74) is 1.79. The zero-order valence-corrected chi connectivity index (χ0v) is 14.6. The number of nitrogens with zero attached hydrogens (tertiary/aromatic N) is 1. The number of rotatable bonds is 3. The van der Waals surface area contributed by atoms with E-state index in [1.165, 1.54) is 6.92 Å². The number of likely N-dealkylation sites (tertiary alicyclic amines) is 1. The molecular weight excluding hydrogens is 320 g/mol. The van der Waals surface area contributed by atoms with Crippen LogP contribution < -0.4 is 5.32 Å². The van der Waals surface area contributed by atoms with Crippen molar-refractivity contribution in [3.63, 3.8) is 0 Å². The molecule has 6 heteroatoms. The Balaban J connectivity index is 1.94. The van der Waals surface area contributed by atoms with Gasteiger partial charge in [0.2, 0.25) is 5.91 Å². The van der Waals surface area contributed by atoms with Gasteiger partial charge in [-0.1, -0.05) is 18.9 Å². The van der Waals surface area contributed by atoms with E-state index in [1.54, 1.807) is 23.1 Å². The number of carbonyl (C=O) groups is 3. The molecule has 1 aromatic rings. The third kappa shape index (κ3) is 3.38. The molecule has 3 rings (SSSR count). The Morgan fingerprint density at radius 2 is 1.92 bits per heavy atom. The SMILES string of the molecule is CC(=O)Nc1ccc(C)c(C(=O)N2C(C(=O)O)CC3CCCCC32)c1. The van der Waals surface area contributed by atoms with Crippen molar-refractivity contribution in [2.75, 3.05) is 5.32 Å². The van der Waals surface area contributed by atoms with Gasteiger partial charge in [0.25, 0.3) is 5.91 Å². The molecule has 0 bridgehead atoms. The first-order valence-corrected chi connectivity index (χ1v) is 8.82. The van der Waals surface area contributed by atoms with Crippen LogP contribution in [0.2, 0.25) is 0 Å². The van der Waals surface area contributed by atoms with Crippen molar-refractivity contribution >= 4 is 23.5 Å². The molecule has 0 aromatic heterocycles. The summed E-state index contributed by atoms with van der Waals surface area (Å²) in [4.78, 5) is 37.8. The van der Waals surface area contributed by atoms with E-state index < -0.39 is 12.0 Å². The monoisotopic (exact) mass is 344 g/mol. The van der Waals surface area contributed by atoms with E-state index in [2.05, 4.69) is 5.32 Å². The fraction of sp³-hybridized carbons (Fsp3) is 0.526. The second-order valence-corrected chi connectivity index (χ2v) is 7.12. The highest BCUT2D eigenvalue weighted by Crippen LogP contribution is 2.40. The summed E-state index contributed by atoms with van der Waals surface area (Å²) in [6.07, 6.45) is 4.53. The van der Waals surface area contributed by atoms with Crippen LogP contribution in [0.5, 0.6) is 0 Å². The van der Waals surface area contributed by atoms with Crippen LogP contribution in [0.25, 0.3) is 0 Å². The van der Waals surface area contributed by atoms with Crippen molar-refractivity contribution in [1.29, 1.82) is 0 Å². The number of aryl methyl sites for hydroxylation is 1. The maximum atomic E-state index is 13.2. The van der Waals surface area contributed by atoms with Crippen LogP contribution in [0.1, 0.15) is 54.9 Å². The smallest absolute Gasteiger partial charge is 0.326 e. The third-order valence-corrected chi connectivity index (χ3v) is 5.40. The van der Waals surface area contributed by atoms with Crippen LogP contribution in [-0.4, -0.2) is 39.9 Å². The topological polar surface area (TPSA) is 86.7 Å². The van der Waals surface area contributed by atoms with E-state index in [-0.39, 0.29) is 23.8 Å². The van der Waals surface area contributed by atoms with Crippen molar-refractivity contribution in [2.24, 2.45) is 5.92 Å². The van der Waals surface area contributed by atoms with E-state index in [4.69, 9.17) is 0 Å². The minimum absolute atomic E-state index is 0.00572. The molecule has 1 heterocycles. The van der Waals surface area contributed by atoms with Crippen molar-refractivity contribution in [3.05, 3.63) is 29.3 Å². The van der Waals surface area contributed by atoms with E-state index in [0.29, 0.717) is 17.7 Å². The van der Waals surface area contributed by atoms with Gasteiger partial charge in [-0.25, -0.2) is 4.79 Å². The lowest BCUT2D eigenvalue weighted by Gasteiger charge is -2.33. The van der Waals surface area contributed by atoms with Crippen LogP contribution in [0.4, 0.5) is 5.69 Å². The van der Waals surface area contributed by atoms with Gasteiger partial charge in [0.1, 0.15) is 6.04 Å². The second-order valence-electron chi connectivity index (χ2n) is 7.12. The highest BCUT2D eigenvalue weighted by molar-refractivity contribution is 6.00. The molecular formula is C19H24N2O4. The van der Waals surface area contributed by atoms with Crippen molar-refractivity contribution in [1.82, 2.24) is 4.90 Å². The summed E-state index contributed by atoms with van der Waals surface area (Å²) in [5.74, 6) is -1.11. The van der Waals surface area contributed by atoms with Gasteiger partial charge in [-0.2, -0.15) is 0 Å². The number of carboxylic acids is 1. The predicted molar refractivity (Wildman–Crippen MR) is 93.4 cm³/mol. The Bertz CT molecular complexity index is 715. The first kappa shape index (κ1) is 17.5. The summed E-state index contributed by atoms with van der Waals surface area (Å²) in [7, 11) is 0. The summed E-state index contributed by atoms with van der Waals surface area (Å²) in [6.45, 7) is 3.24. The Morgan fingerprint density at radius 3 is 2.60 bits per heavy atom. The van der Waals surface area contributed by atoms with E-state index in [1.807, 2.05) is 6.92 Å². The van der Waals surface area contributed by atoms with Gasteiger partial charge in [0.05, 0.1) is 0 Å². The summed E-state index contributed by atoms with van der Waals surface area (Å²) < 4.78 is 0. The number of fused-ring (bicyclic) bond motifs is 1. The van der Waals surface area contributed by atoms with Crippen LogP contribution in [0.15, 0.2) is 18.2 Å². The van der Waals surface area contributed by atoms with Crippen molar-refractivity contribution in [3.8, 4) is 0 Å². The lowest BCUT2D eigenvalue weighted by atomic mass is 9.84. The molecule has 2 amide bonds. The fourth-order valence-corrected chi connectivity index (χ4v) is 4.25. The Hall–Kier alpha value is -2.37. The second kappa shape index (κ2) is 6.86. The number of benzene rings is 1. The molecule has 2 fully saturated rings. The molecule has 1 saturated heterocycles. The predicted octanol–water partition coefficient (Wildman–Crippen LogP) is 2.81. The highest BCUT2D eigenvalue weighted by atomic mass is 16.4. The molecule has 0 radical (unpaired) electrons. The van der Waals surface area contributed by atoms with Crippen LogP contribution in [0, 0.1) is 12.8 Å². The van der Waals surface area contributed by atoms with Crippen LogP contribution in [-0.2, 0) is 9.59 Å². The molecule has 6 nitrogen and oxygen atoms in total. The number of amides is 2. The Kier molecular flexibility index (Phi) is 4.79. The standard InChI is InChI=1S/C19H24N2O4/c1-11-7-8-14(20-12(2)22)10-15(11)18(23)21-16-6-4-3-5-13(16)9-17(21)19(24)25/h7-8,10,13,16-17H,3-6,9H2,1-2H3,(H,20,22)(H,24,25). The highest BCUT2D eigenvalue weighted by Gasteiger charge is 2.47. The molecule has 1 aromatic carbocycles. The number of aliphatic carboxylic acids is 1. The minimum atomic E-state index is -0.932. The number of carbonyl (C=O) groups excluding carboxylic acids is 2. The maximum absolute atomic E-state index is 13.2. The molecule has 3 atom stereocenters. The number of nitrogens with one attached hydrogen (secondary N) is 1. The first-order valence-electron chi connectivity index (χ1n) is 8.82. The molecule has 0 spiro atoms. The van der Waals surface area contributed by atoms with Gasteiger partial charge in [0, 0.05) is 24.2 Å². The van der Waals surface area contributed by atoms with Gasteiger partial charge in [-0.15, -0.1) is 0 Å². The first-order chi connectivity index (χ1) is 11.9. The Labute approximate surface area is 147 Å². The summed E-state index contributed by atoms with van der Waals surface area (Å²) in [5, 5.41) is 12.3. The Morgan fingerprint density at radius 1 is 1.20 bits per heavy atom. The molecule has 134 valence electrons. The van der Waals surface area contributed by atoms with E-state index in [9.17, 15) is 19.5 Å². The minimum Gasteiger partial charge on any atom is -0.480 e. The molecule has 1 saturated carbocycles. The summed E-state index contributed by atoms with van der Waals surface area (Å²) >= 11 is 0. The number of hydrogen-bond acceptors (Lipinski definition) is 3. The van der Waals surface area contributed by atoms with Gasteiger partial charge >= 0.3 is 5.97 Å². The van der Waals surface area contributed by atoms with Crippen LogP contribution in [0.3, 0.4) is 0 Å². The van der Waals surface area contributed by atoms with Gasteiger partial charge in [-0.05, 0) is 49.8 Å². The van der Waals surface area contributed by atoms with Crippen LogP contribution >= 0.6 is 0 Å². The lowest BCUT2D eigenvalue weighted by molar-refractivity contribution is -0.141. The number of carboxylic acid groups (broad SMARTS) is 1. The van der Waals surface area contributed by atoms with Gasteiger partial charge in [-0.3, -0.25) is 9.59 Å². The molecule has 1 aliphatic carbocycles. The quantitative estimate of drug-likeness (QED) is 0.883. The third-order valence-electron chi connectivity index (χ3n) is 5.40. The molecule has 2 aliphatic rings. The zero-order valence-electron chi connectivity index (χ0n) is 14.6. The average Bonchev–Trinajstić information content (AvgIpc) is 2.95. The largest absolute Gasteiger partial charge is 0.480 e. The van der Waals surface area contributed by atoms with Gasteiger partial charge < -0.3 is 15.3 Å². The fourth-order valence-electron chi connectivity index (χ4n) is 4.25.